The van der Waals surface area contributed by atoms with Crippen molar-refractivity contribution in [3.63, 3.8) is 0 Å². The first-order valence-corrected chi connectivity index (χ1v) is 17.1. The smallest absolute Gasteiger partial charge is 0.0482 e. The minimum absolute atomic E-state index is 0.586. The van der Waals surface area contributed by atoms with Gasteiger partial charge in [-0.25, -0.2) is 0 Å². The number of hydrogen-bond donors (Lipinski definition) is 0. The highest BCUT2D eigenvalue weighted by Gasteiger charge is 2.18. The van der Waals surface area contributed by atoms with Gasteiger partial charge in [0.25, 0.3) is 0 Å². The van der Waals surface area contributed by atoms with E-state index in [9.17, 15) is 0 Å². The van der Waals surface area contributed by atoms with Crippen molar-refractivity contribution in [2.45, 2.75) is 53.9 Å². The molecule has 0 aliphatic heterocycles. The van der Waals surface area contributed by atoms with E-state index in [-0.39, 0.29) is 0 Å². The summed E-state index contributed by atoms with van der Waals surface area (Å²) in [4.78, 5) is 4.72. The second-order valence-electron chi connectivity index (χ2n) is 13.1. The van der Waals surface area contributed by atoms with E-state index in [1.165, 1.54) is 38.9 Å². The summed E-state index contributed by atoms with van der Waals surface area (Å²) in [6.07, 6.45) is 5.61. The number of nitrogens with zero attached hydrogens (tertiary/aromatic N) is 2. The van der Waals surface area contributed by atoms with Crippen LogP contribution in [0.5, 0.6) is 0 Å². The highest BCUT2D eigenvalue weighted by atomic mass is 15.2. The lowest BCUT2D eigenvalue weighted by molar-refractivity contribution is 0.733. The Morgan fingerprint density at radius 1 is 0.479 bits per heavy atom. The highest BCUT2D eigenvalue weighted by Crippen LogP contribution is 2.41. The van der Waals surface area contributed by atoms with Gasteiger partial charge in [0.1, 0.15) is 0 Å². The summed E-state index contributed by atoms with van der Waals surface area (Å²) < 4.78 is 0. The van der Waals surface area contributed by atoms with E-state index in [4.69, 9.17) is 0 Å². The van der Waals surface area contributed by atoms with Gasteiger partial charge in [0.05, 0.1) is 0 Å². The van der Waals surface area contributed by atoms with E-state index < -0.39 is 0 Å². The number of benzene rings is 6. The van der Waals surface area contributed by atoms with E-state index in [0.29, 0.717) is 5.92 Å². The molecule has 0 aliphatic carbocycles. The minimum Gasteiger partial charge on any atom is -0.310 e. The van der Waals surface area contributed by atoms with Crippen LogP contribution in [0.1, 0.15) is 65.1 Å². The molecule has 0 fully saturated rings. The van der Waals surface area contributed by atoms with Crippen LogP contribution in [0.4, 0.5) is 34.1 Å². The predicted molar refractivity (Wildman–Crippen MR) is 209 cm³/mol. The van der Waals surface area contributed by atoms with Crippen molar-refractivity contribution in [2.75, 3.05) is 9.80 Å². The summed E-state index contributed by atoms with van der Waals surface area (Å²) in [5.41, 5.74) is 15.5. The average Bonchev–Trinajstić information content (AvgIpc) is 3.08. The molecule has 0 bridgehead atoms. The minimum atomic E-state index is 0.586. The first-order chi connectivity index (χ1) is 23.3. The van der Waals surface area contributed by atoms with Gasteiger partial charge in [-0.15, -0.1) is 0 Å². The van der Waals surface area contributed by atoms with Gasteiger partial charge in [0.15, 0.2) is 0 Å². The fraction of sp³-hybridized carbons (Fsp3) is 0.174. The van der Waals surface area contributed by atoms with Crippen molar-refractivity contribution < 1.29 is 0 Å². The van der Waals surface area contributed by atoms with Gasteiger partial charge in [0, 0.05) is 34.1 Å². The lowest BCUT2D eigenvalue weighted by Crippen LogP contribution is -2.13. The topological polar surface area (TPSA) is 6.48 Å². The third kappa shape index (κ3) is 7.45. The molecule has 0 saturated heterocycles. The van der Waals surface area contributed by atoms with E-state index in [0.717, 1.165) is 40.5 Å². The number of rotatable bonds is 10. The van der Waals surface area contributed by atoms with Crippen molar-refractivity contribution in [2.24, 2.45) is 0 Å². The van der Waals surface area contributed by atoms with Gasteiger partial charge in [0.2, 0.25) is 0 Å². The van der Waals surface area contributed by atoms with Crippen LogP contribution in [-0.4, -0.2) is 0 Å². The fourth-order valence-electron chi connectivity index (χ4n) is 6.31. The largest absolute Gasteiger partial charge is 0.310 e. The molecule has 0 radical (unpaired) electrons. The van der Waals surface area contributed by atoms with Crippen molar-refractivity contribution in [1.82, 2.24) is 0 Å². The molecule has 0 heterocycles. The molecule has 0 aromatic heterocycles. The molecule has 6 rings (SSSR count). The second-order valence-corrected chi connectivity index (χ2v) is 13.1. The van der Waals surface area contributed by atoms with Crippen LogP contribution < -0.4 is 9.80 Å². The van der Waals surface area contributed by atoms with Crippen LogP contribution in [0.3, 0.4) is 0 Å². The van der Waals surface area contributed by atoms with E-state index in [2.05, 4.69) is 203 Å². The van der Waals surface area contributed by atoms with Gasteiger partial charge in [-0.2, -0.15) is 0 Å². The van der Waals surface area contributed by atoms with Crippen LogP contribution in [0, 0.1) is 27.7 Å². The van der Waals surface area contributed by atoms with Crippen LogP contribution in [-0.2, 0) is 0 Å². The molecule has 240 valence electrons. The molecule has 1 atom stereocenters. The first kappa shape index (κ1) is 32.6. The molecule has 0 spiro atoms. The molecule has 0 amide bonds. The Balaban J connectivity index is 1.40. The van der Waals surface area contributed by atoms with Gasteiger partial charge in [-0.1, -0.05) is 98.8 Å². The summed E-state index contributed by atoms with van der Waals surface area (Å²) in [7, 11) is 0. The maximum absolute atomic E-state index is 2.37. The van der Waals surface area contributed by atoms with Gasteiger partial charge >= 0.3 is 0 Å². The zero-order valence-electron chi connectivity index (χ0n) is 29.1. The zero-order chi connectivity index (χ0) is 33.6. The van der Waals surface area contributed by atoms with Gasteiger partial charge in [-0.3, -0.25) is 0 Å². The van der Waals surface area contributed by atoms with Crippen molar-refractivity contribution in [1.29, 1.82) is 0 Å². The third-order valence-electron chi connectivity index (χ3n) is 9.21. The second kappa shape index (κ2) is 14.6. The molecule has 2 heteroatoms. The number of hydrogen-bond acceptors (Lipinski definition) is 2. The van der Waals surface area contributed by atoms with Crippen molar-refractivity contribution >= 4 is 46.3 Å². The Labute approximate surface area is 287 Å². The summed E-state index contributed by atoms with van der Waals surface area (Å²) in [6.45, 7) is 13.2. The summed E-state index contributed by atoms with van der Waals surface area (Å²) in [6, 6.07) is 50.9. The van der Waals surface area contributed by atoms with Gasteiger partial charge in [-0.05, 0) is 146 Å². The fourth-order valence-corrected chi connectivity index (χ4v) is 6.31. The zero-order valence-corrected chi connectivity index (χ0v) is 29.1. The normalized spacial score (nSPS) is 11.9. The van der Waals surface area contributed by atoms with Crippen molar-refractivity contribution in [3.8, 4) is 0 Å². The maximum atomic E-state index is 2.37. The molecule has 6 aromatic carbocycles. The third-order valence-corrected chi connectivity index (χ3v) is 9.21. The summed E-state index contributed by atoms with van der Waals surface area (Å²) in [5.74, 6) is 0.586. The Bertz CT molecular complexity index is 1990. The van der Waals surface area contributed by atoms with E-state index in [1.807, 2.05) is 0 Å². The summed E-state index contributed by atoms with van der Waals surface area (Å²) >= 11 is 0. The molecular formula is C46H46N2. The standard InChI is InChI=1S/C46H46N2/c1-7-36(5)39-23-20-38(21-24-39)22-25-40-26-27-46(31-37(40)6)48(43-17-10-14-35(4)30-43)45-19-11-18-44(32-45)47(41-15-8-12-33(2)28-41)42-16-9-13-34(3)29-42/h8-32,36H,7H2,1-6H3. The molecule has 2 nitrogen and oxygen atoms in total. The predicted octanol–water partition coefficient (Wildman–Crippen LogP) is 13.5. The quantitative estimate of drug-likeness (QED) is 0.140. The SMILES string of the molecule is CCC(C)c1ccc(C=Cc2ccc(N(c3cccc(C)c3)c3cccc(N(c4cccc(C)c4)c4cccc(C)c4)c3)cc2C)cc1. The van der Waals surface area contributed by atoms with Crippen LogP contribution in [0.25, 0.3) is 12.2 Å². The molecule has 1 unspecified atom stereocenters. The molecule has 48 heavy (non-hydrogen) atoms. The molecule has 0 N–H and O–H groups in total. The van der Waals surface area contributed by atoms with E-state index in [1.54, 1.807) is 0 Å². The summed E-state index contributed by atoms with van der Waals surface area (Å²) in [5, 5.41) is 0. The van der Waals surface area contributed by atoms with E-state index >= 15 is 0 Å². The highest BCUT2D eigenvalue weighted by molar-refractivity contribution is 5.84. The number of anilines is 6. The Morgan fingerprint density at radius 2 is 0.917 bits per heavy atom. The lowest BCUT2D eigenvalue weighted by Gasteiger charge is -2.30. The van der Waals surface area contributed by atoms with Gasteiger partial charge < -0.3 is 9.80 Å². The molecular weight excluding hydrogens is 581 g/mol. The van der Waals surface area contributed by atoms with Crippen LogP contribution >= 0.6 is 0 Å². The van der Waals surface area contributed by atoms with Crippen LogP contribution in [0.2, 0.25) is 0 Å². The maximum Gasteiger partial charge on any atom is 0.0482 e. The van der Waals surface area contributed by atoms with Crippen LogP contribution in [0.15, 0.2) is 140 Å². The van der Waals surface area contributed by atoms with Crippen molar-refractivity contribution in [3.05, 3.63) is 178 Å². The molecule has 0 saturated carbocycles. The molecule has 0 aliphatic rings. The first-order valence-electron chi connectivity index (χ1n) is 17.1. The Kier molecular flexibility index (Phi) is 9.92. The molecule has 6 aromatic rings. The number of aryl methyl sites for hydroxylation is 4. The Hall–Kier alpha value is -5.34. The Morgan fingerprint density at radius 3 is 1.35 bits per heavy atom. The average molecular weight is 627 g/mol. The lowest BCUT2D eigenvalue weighted by atomic mass is 9.97. The monoisotopic (exact) mass is 626 g/mol.